The number of nitrogens with one attached hydrogen (secondary N) is 2. The fraction of sp³-hybridized carbons (Fsp3) is 0.182. The number of aromatic nitrogens is 3. The molecule has 4 N–H and O–H groups in total. The van der Waals surface area contributed by atoms with Gasteiger partial charge in [-0.25, -0.2) is 0 Å². The number of nitrogen functional groups attached to an aromatic ring is 1. The molecule has 0 aliphatic rings. The number of carbonyl (C=O) groups is 1. The molecule has 0 saturated heterocycles. The van der Waals surface area contributed by atoms with Crippen LogP contribution in [-0.2, 0) is 6.54 Å². The molecule has 0 aromatic carbocycles. The fourth-order valence-corrected chi connectivity index (χ4v) is 1.42. The van der Waals surface area contributed by atoms with Crippen molar-refractivity contribution >= 4 is 11.6 Å². The number of H-pyrrole nitrogens is 1. The Kier molecular flexibility index (Phi) is 3.04. The maximum Gasteiger partial charge on any atom is 0.255 e. The molecule has 0 radical (unpaired) electrons. The van der Waals surface area contributed by atoms with Crippen molar-refractivity contribution in [3.63, 3.8) is 0 Å². The van der Waals surface area contributed by atoms with Crippen LogP contribution in [0, 0.1) is 6.92 Å². The second kappa shape index (κ2) is 4.65. The number of aromatic amines is 1. The first-order valence-corrected chi connectivity index (χ1v) is 5.15. The molecule has 0 spiro atoms. The van der Waals surface area contributed by atoms with Crippen LogP contribution in [0.25, 0.3) is 0 Å². The van der Waals surface area contributed by atoms with Gasteiger partial charge in [0, 0.05) is 35.9 Å². The zero-order valence-electron chi connectivity index (χ0n) is 9.40. The number of rotatable bonds is 3. The summed E-state index contributed by atoms with van der Waals surface area (Å²) < 4.78 is 0. The Morgan fingerprint density at radius 2 is 2.35 bits per heavy atom. The monoisotopic (exact) mass is 231 g/mol. The molecule has 6 heteroatoms. The molecular weight excluding hydrogens is 218 g/mol. The van der Waals surface area contributed by atoms with Crippen LogP contribution in [0.5, 0.6) is 0 Å². The van der Waals surface area contributed by atoms with Crippen molar-refractivity contribution in [2.45, 2.75) is 13.5 Å². The van der Waals surface area contributed by atoms with E-state index < -0.39 is 0 Å². The average molecular weight is 231 g/mol. The standard InChI is InChI=1S/C11H13N5O/c1-7-8(5-15-16-7)4-14-11(17)9-6-13-3-2-10(9)12/h2-3,5-6H,4H2,1H3,(H2,12,13)(H,14,17)(H,15,16). The molecule has 0 atom stereocenters. The Bertz CT molecular complexity index is 534. The van der Waals surface area contributed by atoms with Crippen LogP contribution in [0.15, 0.2) is 24.7 Å². The highest BCUT2D eigenvalue weighted by Crippen LogP contribution is 2.09. The number of nitrogens with two attached hydrogens (primary N) is 1. The number of nitrogens with zero attached hydrogens (tertiary/aromatic N) is 2. The van der Waals surface area contributed by atoms with Crippen LogP contribution < -0.4 is 11.1 Å². The molecule has 2 aromatic heterocycles. The van der Waals surface area contributed by atoms with Gasteiger partial charge in [-0.3, -0.25) is 14.9 Å². The molecule has 1 amide bonds. The van der Waals surface area contributed by atoms with Crippen molar-refractivity contribution in [1.29, 1.82) is 0 Å². The topological polar surface area (TPSA) is 96.7 Å². The minimum absolute atomic E-state index is 0.240. The molecule has 6 nitrogen and oxygen atoms in total. The second-order valence-corrected chi connectivity index (χ2v) is 3.67. The Balaban J connectivity index is 2.04. The van der Waals surface area contributed by atoms with E-state index in [1.807, 2.05) is 6.92 Å². The number of carbonyl (C=O) groups excluding carboxylic acids is 1. The molecule has 0 saturated carbocycles. The average Bonchev–Trinajstić information content (AvgIpc) is 2.72. The summed E-state index contributed by atoms with van der Waals surface area (Å²) in [4.78, 5) is 15.7. The van der Waals surface area contributed by atoms with Crippen LogP contribution in [0.1, 0.15) is 21.6 Å². The third-order valence-electron chi connectivity index (χ3n) is 2.47. The smallest absolute Gasteiger partial charge is 0.255 e. The van der Waals surface area contributed by atoms with E-state index in [0.717, 1.165) is 11.3 Å². The van der Waals surface area contributed by atoms with Gasteiger partial charge in [0.1, 0.15) is 0 Å². The van der Waals surface area contributed by atoms with Crippen molar-refractivity contribution in [2.24, 2.45) is 0 Å². The molecular formula is C11H13N5O. The maximum atomic E-state index is 11.8. The normalized spacial score (nSPS) is 10.2. The molecule has 0 aliphatic carbocycles. The summed E-state index contributed by atoms with van der Waals surface area (Å²) in [5, 5.41) is 9.45. The quantitative estimate of drug-likeness (QED) is 0.721. The van der Waals surface area contributed by atoms with E-state index in [2.05, 4.69) is 20.5 Å². The SMILES string of the molecule is Cc1[nH]ncc1CNC(=O)c1cnccc1N. The van der Waals surface area contributed by atoms with Gasteiger partial charge in [-0.15, -0.1) is 0 Å². The molecule has 17 heavy (non-hydrogen) atoms. The zero-order valence-corrected chi connectivity index (χ0v) is 9.40. The molecule has 88 valence electrons. The minimum atomic E-state index is -0.240. The number of amides is 1. The minimum Gasteiger partial charge on any atom is -0.398 e. The van der Waals surface area contributed by atoms with E-state index in [9.17, 15) is 4.79 Å². The third-order valence-corrected chi connectivity index (χ3v) is 2.47. The molecule has 0 bridgehead atoms. The number of anilines is 1. The summed E-state index contributed by atoms with van der Waals surface area (Å²) in [7, 11) is 0. The van der Waals surface area contributed by atoms with Crippen molar-refractivity contribution < 1.29 is 4.79 Å². The summed E-state index contributed by atoms with van der Waals surface area (Å²) in [5.74, 6) is -0.240. The summed E-state index contributed by atoms with van der Waals surface area (Å²) in [6, 6.07) is 1.60. The molecule has 0 fully saturated rings. The van der Waals surface area contributed by atoms with Gasteiger partial charge in [0.25, 0.3) is 5.91 Å². The first kappa shape index (κ1) is 11.1. The molecule has 2 rings (SSSR count). The molecule has 2 aromatic rings. The lowest BCUT2D eigenvalue weighted by molar-refractivity contribution is 0.0951. The lowest BCUT2D eigenvalue weighted by atomic mass is 10.2. The van der Waals surface area contributed by atoms with Crippen molar-refractivity contribution in [2.75, 3.05) is 5.73 Å². The van der Waals surface area contributed by atoms with Gasteiger partial charge in [0.2, 0.25) is 0 Å². The predicted octanol–water partition coefficient (Wildman–Crippen LogP) is 0.625. The number of hydrogen-bond acceptors (Lipinski definition) is 4. The van der Waals surface area contributed by atoms with Crippen LogP contribution in [-0.4, -0.2) is 21.1 Å². The van der Waals surface area contributed by atoms with Crippen molar-refractivity contribution in [1.82, 2.24) is 20.5 Å². The van der Waals surface area contributed by atoms with E-state index in [1.54, 1.807) is 18.5 Å². The van der Waals surface area contributed by atoms with Gasteiger partial charge in [0.15, 0.2) is 0 Å². The molecule has 0 aliphatic heterocycles. The van der Waals surface area contributed by atoms with Crippen LogP contribution in [0.4, 0.5) is 5.69 Å². The first-order chi connectivity index (χ1) is 8.18. The highest BCUT2D eigenvalue weighted by atomic mass is 16.1. The second-order valence-electron chi connectivity index (χ2n) is 3.67. The van der Waals surface area contributed by atoms with Crippen molar-refractivity contribution in [3.05, 3.63) is 41.5 Å². The van der Waals surface area contributed by atoms with E-state index in [-0.39, 0.29) is 5.91 Å². The number of hydrogen-bond donors (Lipinski definition) is 3. The van der Waals surface area contributed by atoms with Gasteiger partial charge in [0.05, 0.1) is 11.8 Å². The zero-order chi connectivity index (χ0) is 12.3. The largest absolute Gasteiger partial charge is 0.398 e. The van der Waals surface area contributed by atoms with Crippen molar-refractivity contribution in [3.8, 4) is 0 Å². The molecule has 0 unspecified atom stereocenters. The summed E-state index contributed by atoms with van der Waals surface area (Å²) in [6.45, 7) is 2.31. The number of aryl methyl sites for hydroxylation is 1. The Morgan fingerprint density at radius 3 is 3.00 bits per heavy atom. The van der Waals surface area contributed by atoms with Crippen LogP contribution in [0.3, 0.4) is 0 Å². The Morgan fingerprint density at radius 1 is 1.53 bits per heavy atom. The van der Waals surface area contributed by atoms with E-state index in [0.29, 0.717) is 17.8 Å². The van der Waals surface area contributed by atoms with Crippen LogP contribution in [0.2, 0.25) is 0 Å². The maximum absolute atomic E-state index is 11.8. The fourth-order valence-electron chi connectivity index (χ4n) is 1.42. The Labute approximate surface area is 98.3 Å². The Hall–Kier alpha value is -2.37. The summed E-state index contributed by atoms with van der Waals surface area (Å²) in [6.07, 6.45) is 4.68. The van der Waals surface area contributed by atoms with Gasteiger partial charge < -0.3 is 11.1 Å². The summed E-state index contributed by atoms with van der Waals surface area (Å²) >= 11 is 0. The van der Waals surface area contributed by atoms with Crippen LogP contribution >= 0.6 is 0 Å². The lowest BCUT2D eigenvalue weighted by Gasteiger charge is -2.06. The number of pyridine rings is 1. The lowest BCUT2D eigenvalue weighted by Crippen LogP contribution is -2.24. The molecule has 2 heterocycles. The van der Waals surface area contributed by atoms with Gasteiger partial charge in [-0.1, -0.05) is 0 Å². The van der Waals surface area contributed by atoms with Gasteiger partial charge >= 0.3 is 0 Å². The van der Waals surface area contributed by atoms with Gasteiger partial charge in [-0.05, 0) is 13.0 Å². The predicted molar refractivity (Wildman–Crippen MR) is 63.1 cm³/mol. The first-order valence-electron chi connectivity index (χ1n) is 5.15. The van der Waals surface area contributed by atoms with E-state index >= 15 is 0 Å². The van der Waals surface area contributed by atoms with E-state index in [1.165, 1.54) is 6.20 Å². The van der Waals surface area contributed by atoms with Gasteiger partial charge in [-0.2, -0.15) is 5.10 Å². The summed E-state index contributed by atoms with van der Waals surface area (Å²) in [5.41, 5.74) is 8.36. The highest BCUT2D eigenvalue weighted by Gasteiger charge is 2.09. The third kappa shape index (κ3) is 2.41. The highest BCUT2D eigenvalue weighted by molar-refractivity contribution is 5.98. The van der Waals surface area contributed by atoms with E-state index in [4.69, 9.17) is 5.73 Å².